The lowest BCUT2D eigenvalue weighted by molar-refractivity contribution is 0.143. The highest BCUT2D eigenvalue weighted by Crippen LogP contribution is 2.08. The van der Waals surface area contributed by atoms with Gasteiger partial charge in [-0.3, -0.25) is 0 Å². The Hall–Kier alpha value is -1.09. The van der Waals surface area contributed by atoms with Gasteiger partial charge in [0.1, 0.15) is 6.61 Å². The minimum absolute atomic E-state index is 0. The van der Waals surface area contributed by atoms with E-state index in [9.17, 15) is 0 Å². The topological polar surface area (TPSA) is 67.8 Å². The van der Waals surface area contributed by atoms with Gasteiger partial charge in [-0.2, -0.15) is 0 Å². The molecule has 6 nitrogen and oxygen atoms in total. The van der Waals surface area contributed by atoms with E-state index in [0.29, 0.717) is 37.6 Å². The molecule has 1 rings (SSSR count). The third kappa shape index (κ3) is 9.27. The lowest BCUT2D eigenvalue weighted by Crippen LogP contribution is -2.44. The van der Waals surface area contributed by atoms with Gasteiger partial charge in [-0.25, -0.2) is 9.98 Å². The number of guanidine groups is 1. The first-order valence-corrected chi connectivity index (χ1v) is 8.18. The van der Waals surface area contributed by atoms with E-state index in [1.807, 2.05) is 12.1 Å². The molecule has 0 spiro atoms. The van der Waals surface area contributed by atoms with E-state index in [1.54, 1.807) is 13.3 Å². The molecule has 1 unspecified atom stereocenters. The zero-order valence-electron chi connectivity index (χ0n) is 15.3. The van der Waals surface area contributed by atoms with Gasteiger partial charge < -0.3 is 20.1 Å². The Labute approximate surface area is 162 Å². The van der Waals surface area contributed by atoms with E-state index in [4.69, 9.17) is 9.47 Å². The number of halogens is 1. The SMILES string of the molecule is CCNC(=NCc1ccc(OCCOC)nc1)NC(C)C(C)C.I. The van der Waals surface area contributed by atoms with Gasteiger partial charge in [0, 0.05) is 32.0 Å². The van der Waals surface area contributed by atoms with Crippen LogP contribution < -0.4 is 15.4 Å². The summed E-state index contributed by atoms with van der Waals surface area (Å²) in [5.41, 5.74) is 1.04. The van der Waals surface area contributed by atoms with Gasteiger partial charge in [0.15, 0.2) is 5.96 Å². The molecule has 0 aliphatic carbocycles. The highest BCUT2D eigenvalue weighted by Gasteiger charge is 2.08. The Balaban J connectivity index is 0.00000529. The average Bonchev–Trinajstić information content (AvgIpc) is 2.54. The summed E-state index contributed by atoms with van der Waals surface area (Å²) in [5.74, 6) is 1.98. The summed E-state index contributed by atoms with van der Waals surface area (Å²) in [6.07, 6.45) is 1.79. The molecule has 1 heterocycles. The van der Waals surface area contributed by atoms with Crippen LogP contribution >= 0.6 is 24.0 Å². The lowest BCUT2D eigenvalue weighted by atomic mass is 10.1. The molecule has 24 heavy (non-hydrogen) atoms. The Morgan fingerprint density at radius 3 is 2.54 bits per heavy atom. The van der Waals surface area contributed by atoms with Crippen LogP contribution in [0.3, 0.4) is 0 Å². The first-order valence-electron chi connectivity index (χ1n) is 8.18. The molecular weight excluding hydrogens is 419 g/mol. The van der Waals surface area contributed by atoms with Gasteiger partial charge in [0.05, 0.1) is 13.2 Å². The second kappa shape index (κ2) is 13.2. The van der Waals surface area contributed by atoms with Gasteiger partial charge in [0.2, 0.25) is 5.88 Å². The molecule has 0 aromatic carbocycles. The van der Waals surface area contributed by atoms with E-state index >= 15 is 0 Å². The molecule has 1 aromatic rings. The molecule has 0 aliphatic rings. The molecule has 138 valence electrons. The molecule has 0 bridgehead atoms. The van der Waals surface area contributed by atoms with Crippen molar-refractivity contribution < 1.29 is 9.47 Å². The molecule has 0 saturated heterocycles. The van der Waals surface area contributed by atoms with E-state index < -0.39 is 0 Å². The van der Waals surface area contributed by atoms with Crippen LogP contribution in [0, 0.1) is 5.92 Å². The van der Waals surface area contributed by atoms with Crippen LogP contribution in [0.5, 0.6) is 5.88 Å². The van der Waals surface area contributed by atoms with E-state index in [2.05, 4.69) is 48.3 Å². The van der Waals surface area contributed by atoms with E-state index in [0.717, 1.165) is 18.1 Å². The summed E-state index contributed by atoms with van der Waals surface area (Å²) in [4.78, 5) is 8.88. The zero-order valence-corrected chi connectivity index (χ0v) is 17.7. The molecule has 1 atom stereocenters. The largest absolute Gasteiger partial charge is 0.475 e. The van der Waals surface area contributed by atoms with Gasteiger partial charge in [0.25, 0.3) is 0 Å². The Kier molecular flexibility index (Phi) is 12.6. The maximum atomic E-state index is 5.45. The summed E-state index contributed by atoms with van der Waals surface area (Å²) in [6.45, 7) is 11.1. The molecular formula is C17H31IN4O2. The predicted octanol–water partition coefficient (Wildman–Crippen LogP) is 2.82. The van der Waals surface area contributed by atoms with Crippen LogP contribution in [0.1, 0.15) is 33.3 Å². The number of pyridine rings is 1. The predicted molar refractivity (Wildman–Crippen MR) is 109 cm³/mol. The average molecular weight is 450 g/mol. The smallest absolute Gasteiger partial charge is 0.213 e. The molecule has 1 aromatic heterocycles. The molecule has 7 heteroatoms. The first-order chi connectivity index (χ1) is 11.1. The van der Waals surface area contributed by atoms with Crippen LogP contribution in [-0.4, -0.2) is 43.9 Å². The van der Waals surface area contributed by atoms with Crippen LogP contribution in [-0.2, 0) is 11.3 Å². The van der Waals surface area contributed by atoms with Crippen LogP contribution in [0.15, 0.2) is 23.3 Å². The number of nitrogens with zero attached hydrogens (tertiary/aromatic N) is 2. The van der Waals surface area contributed by atoms with Crippen molar-refractivity contribution in [2.24, 2.45) is 10.9 Å². The molecule has 0 radical (unpaired) electrons. The number of nitrogens with one attached hydrogen (secondary N) is 2. The van der Waals surface area contributed by atoms with Crippen molar-refractivity contribution in [1.82, 2.24) is 15.6 Å². The van der Waals surface area contributed by atoms with Crippen molar-refractivity contribution >= 4 is 29.9 Å². The minimum atomic E-state index is 0. The summed E-state index contributed by atoms with van der Waals surface area (Å²) in [6, 6.07) is 4.20. The standard InChI is InChI=1S/C17H30N4O2.HI/c1-6-18-17(21-14(4)13(2)3)20-12-15-7-8-16(19-11-15)23-10-9-22-5;/h7-8,11,13-14H,6,9-10,12H2,1-5H3,(H2,18,20,21);1H. The fraction of sp³-hybridized carbons (Fsp3) is 0.647. The van der Waals surface area contributed by atoms with Gasteiger partial charge in [-0.05, 0) is 25.3 Å². The Morgan fingerprint density at radius 2 is 2.00 bits per heavy atom. The Bertz CT molecular complexity index is 466. The van der Waals surface area contributed by atoms with Crippen molar-refractivity contribution in [3.63, 3.8) is 0 Å². The van der Waals surface area contributed by atoms with Gasteiger partial charge >= 0.3 is 0 Å². The molecule has 0 saturated carbocycles. The summed E-state index contributed by atoms with van der Waals surface area (Å²) in [7, 11) is 1.65. The highest BCUT2D eigenvalue weighted by atomic mass is 127. The number of aromatic nitrogens is 1. The third-order valence-corrected chi connectivity index (χ3v) is 3.46. The number of hydrogen-bond acceptors (Lipinski definition) is 4. The van der Waals surface area contributed by atoms with Gasteiger partial charge in [-0.1, -0.05) is 19.9 Å². The fourth-order valence-electron chi connectivity index (χ4n) is 1.69. The second-order valence-corrected chi connectivity index (χ2v) is 5.72. The Morgan fingerprint density at radius 1 is 1.25 bits per heavy atom. The number of hydrogen-bond donors (Lipinski definition) is 2. The van der Waals surface area contributed by atoms with Crippen molar-refractivity contribution in [3.8, 4) is 5.88 Å². The highest BCUT2D eigenvalue weighted by molar-refractivity contribution is 14.0. The minimum Gasteiger partial charge on any atom is -0.475 e. The fourth-order valence-corrected chi connectivity index (χ4v) is 1.69. The second-order valence-electron chi connectivity index (χ2n) is 5.72. The number of ether oxygens (including phenoxy) is 2. The quantitative estimate of drug-likeness (QED) is 0.262. The normalized spacial score (nSPS) is 12.5. The van der Waals surface area contributed by atoms with E-state index in [1.165, 1.54) is 0 Å². The van der Waals surface area contributed by atoms with Crippen LogP contribution in [0.25, 0.3) is 0 Å². The number of rotatable bonds is 9. The maximum Gasteiger partial charge on any atom is 0.213 e. The van der Waals surface area contributed by atoms with Crippen molar-refractivity contribution in [1.29, 1.82) is 0 Å². The van der Waals surface area contributed by atoms with Crippen LogP contribution in [0.2, 0.25) is 0 Å². The van der Waals surface area contributed by atoms with Crippen molar-refractivity contribution in [2.45, 2.75) is 40.3 Å². The zero-order chi connectivity index (χ0) is 17.1. The summed E-state index contributed by atoms with van der Waals surface area (Å²) < 4.78 is 10.4. The van der Waals surface area contributed by atoms with E-state index in [-0.39, 0.29) is 24.0 Å². The van der Waals surface area contributed by atoms with Crippen molar-refractivity contribution in [3.05, 3.63) is 23.9 Å². The summed E-state index contributed by atoms with van der Waals surface area (Å²) >= 11 is 0. The third-order valence-electron chi connectivity index (χ3n) is 3.46. The monoisotopic (exact) mass is 450 g/mol. The summed E-state index contributed by atoms with van der Waals surface area (Å²) in [5, 5.41) is 6.68. The number of methoxy groups -OCH3 is 1. The lowest BCUT2D eigenvalue weighted by Gasteiger charge is -2.20. The molecule has 0 fully saturated rings. The molecule has 2 N–H and O–H groups in total. The maximum absolute atomic E-state index is 5.45. The molecule has 0 aliphatic heterocycles. The molecule has 0 amide bonds. The van der Waals surface area contributed by atoms with Gasteiger partial charge in [-0.15, -0.1) is 24.0 Å². The first kappa shape index (κ1) is 22.9. The van der Waals surface area contributed by atoms with Crippen LogP contribution in [0.4, 0.5) is 0 Å². The van der Waals surface area contributed by atoms with Crippen molar-refractivity contribution in [2.75, 3.05) is 26.9 Å². The number of aliphatic imine (C=N–C) groups is 1.